The monoisotopic (exact) mass is 290 g/mol. The molecule has 0 aliphatic carbocycles. The maximum atomic E-state index is 11.9. The second-order valence-corrected chi connectivity index (χ2v) is 4.73. The number of hydrogen-bond acceptors (Lipinski definition) is 2. The molecule has 0 aliphatic rings. The van der Waals surface area contributed by atoms with Gasteiger partial charge in [-0.1, -0.05) is 17.7 Å². The first-order valence-corrected chi connectivity index (χ1v) is 6.44. The van der Waals surface area contributed by atoms with Crippen LogP contribution in [-0.2, 0) is 0 Å². The average molecular weight is 291 g/mol. The minimum Gasteiger partial charge on any atom is -0.495 e. The number of halogens is 1. The lowest BCUT2D eigenvalue weighted by Gasteiger charge is -2.12. The van der Waals surface area contributed by atoms with Crippen molar-refractivity contribution in [2.24, 2.45) is 0 Å². The van der Waals surface area contributed by atoms with Crippen LogP contribution in [0.2, 0.25) is 5.02 Å². The fraction of sp³-hybridized carbons (Fsp3) is 0.133. The third-order valence-electron chi connectivity index (χ3n) is 2.71. The summed E-state index contributed by atoms with van der Waals surface area (Å²) >= 11 is 5.79. The SMILES string of the molecule is COc1ccc(C)cc1NC(=O)Nc1ccc(Cl)cc1. The van der Waals surface area contributed by atoms with Crippen molar-refractivity contribution in [3.05, 3.63) is 53.1 Å². The van der Waals surface area contributed by atoms with Gasteiger partial charge in [-0.25, -0.2) is 4.79 Å². The summed E-state index contributed by atoms with van der Waals surface area (Å²) < 4.78 is 5.21. The Kier molecular flexibility index (Phi) is 4.48. The first-order chi connectivity index (χ1) is 9.58. The van der Waals surface area contributed by atoms with Gasteiger partial charge in [0.1, 0.15) is 5.75 Å². The first kappa shape index (κ1) is 14.2. The Morgan fingerprint density at radius 3 is 2.45 bits per heavy atom. The Hall–Kier alpha value is -2.20. The van der Waals surface area contributed by atoms with E-state index in [-0.39, 0.29) is 6.03 Å². The number of amides is 2. The van der Waals surface area contributed by atoms with Crippen molar-refractivity contribution < 1.29 is 9.53 Å². The molecule has 0 saturated heterocycles. The lowest BCUT2D eigenvalue weighted by atomic mass is 10.2. The maximum absolute atomic E-state index is 11.9. The summed E-state index contributed by atoms with van der Waals surface area (Å²) in [6, 6.07) is 12.1. The second-order valence-electron chi connectivity index (χ2n) is 4.29. The number of hydrogen-bond donors (Lipinski definition) is 2. The van der Waals surface area contributed by atoms with Gasteiger partial charge in [-0.3, -0.25) is 0 Å². The number of nitrogens with one attached hydrogen (secondary N) is 2. The van der Waals surface area contributed by atoms with E-state index in [1.807, 2.05) is 25.1 Å². The number of methoxy groups -OCH3 is 1. The molecule has 2 rings (SSSR count). The summed E-state index contributed by atoms with van der Waals surface area (Å²) in [7, 11) is 1.56. The molecule has 4 nitrogen and oxygen atoms in total. The highest BCUT2D eigenvalue weighted by Gasteiger charge is 2.07. The summed E-state index contributed by atoms with van der Waals surface area (Å²) in [4.78, 5) is 11.9. The minimum atomic E-state index is -0.337. The first-order valence-electron chi connectivity index (χ1n) is 6.06. The Morgan fingerprint density at radius 2 is 1.80 bits per heavy atom. The van der Waals surface area contributed by atoms with Gasteiger partial charge in [0, 0.05) is 10.7 Å². The van der Waals surface area contributed by atoms with E-state index < -0.39 is 0 Å². The van der Waals surface area contributed by atoms with E-state index in [2.05, 4.69) is 10.6 Å². The number of ether oxygens (including phenoxy) is 1. The topological polar surface area (TPSA) is 50.4 Å². The fourth-order valence-electron chi connectivity index (χ4n) is 1.74. The van der Waals surface area contributed by atoms with Gasteiger partial charge in [-0.15, -0.1) is 0 Å². The maximum Gasteiger partial charge on any atom is 0.323 e. The third-order valence-corrected chi connectivity index (χ3v) is 2.96. The molecule has 0 aliphatic heterocycles. The lowest BCUT2D eigenvalue weighted by Crippen LogP contribution is -2.19. The highest BCUT2D eigenvalue weighted by Crippen LogP contribution is 2.25. The summed E-state index contributed by atoms with van der Waals surface area (Å²) in [6.07, 6.45) is 0. The van der Waals surface area contributed by atoms with Crippen molar-refractivity contribution >= 4 is 29.0 Å². The summed E-state index contributed by atoms with van der Waals surface area (Å²) in [5, 5.41) is 6.10. The zero-order valence-corrected chi connectivity index (χ0v) is 12.0. The largest absolute Gasteiger partial charge is 0.495 e. The zero-order valence-electron chi connectivity index (χ0n) is 11.2. The van der Waals surface area contributed by atoms with E-state index in [1.54, 1.807) is 31.4 Å². The van der Waals surface area contributed by atoms with Crippen LogP contribution in [0.15, 0.2) is 42.5 Å². The van der Waals surface area contributed by atoms with Crippen molar-refractivity contribution in [3.63, 3.8) is 0 Å². The molecule has 104 valence electrons. The van der Waals surface area contributed by atoms with Crippen LogP contribution in [-0.4, -0.2) is 13.1 Å². The number of rotatable bonds is 3. The highest BCUT2D eigenvalue weighted by molar-refractivity contribution is 6.30. The van der Waals surface area contributed by atoms with Gasteiger partial charge in [-0.2, -0.15) is 0 Å². The molecule has 0 heterocycles. The van der Waals surface area contributed by atoms with Crippen molar-refractivity contribution in [2.75, 3.05) is 17.7 Å². The van der Waals surface area contributed by atoms with Gasteiger partial charge in [0.25, 0.3) is 0 Å². The van der Waals surface area contributed by atoms with Crippen LogP contribution < -0.4 is 15.4 Å². The molecule has 0 saturated carbocycles. The van der Waals surface area contributed by atoms with Crippen LogP contribution in [0.3, 0.4) is 0 Å². The van der Waals surface area contributed by atoms with Gasteiger partial charge in [0.2, 0.25) is 0 Å². The van der Waals surface area contributed by atoms with Crippen molar-refractivity contribution in [2.45, 2.75) is 6.92 Å². The normalized spacial score (nSPS) is 9.95. The molecule has 5 heteroatoms. The summed E-state index contributed by atoms with van der Waals surface area (Å²) in [5.74, 6) is 0.613. The quantitative estimate of drug-likeness (QED) is 0.885. The second kappa shape index (κ2) is 6.30. The van der Waals surface area contributed by atoms with Crippen LogP contribution in [0.25, 0.3) is 0 Å². The summed E-state index contributed by atoms with van der Waals surface area (Å²) in [5.41, 5.74) is 2.32. The van der Waals surface area contributed by atoms with Crippen molar-refractivity contribution in [3.8, 4) is 5.75 Å². The molecule has 20 heavy (non-hydrogen) atoms. The number of aryl methyl sites for hydroxylation is 1. The highest BCUT2D eigenvalue weighted by atomic mass is 35.5. The molecule has 2 aromatic rings. The molecule has 0 spiro atoms. The number of carbonyl (C=O) groups excluding carboxylic acids is 1. The van der Waals surface area contributed by atoms with Gasteiger partial charge < -0.3 is 15.4 Å². The van der Waals surface area contributed by atoms with E-state index in [1.165, 1.54) is 0 Å². The van der Waals surface area contributed by atoms with Gasteiger partial charge in [-0.05, 0) is 48.9 Å². The number of urea groups is 1. The Bertz CT molecular complexity index is 612. The van der Waals surface area contributed by atoms with E-state index in [4.69, 9.17) is 16.3 Å². The van der Waals surface area contributed by atoms with Crippen molar-refractivity contribution in [1.29, 1.82) is 0 Å². The van der Waals surface area contributed by atoms with Crippen LogP contribution in [0.4, 0.5) is 16.2 Å². The van der Waals surface area contributed by atoms with Crippen molar-refractivity contribution in [1.82, 2.24) is 0 Å². The lowest BCUT2D eigenvalue weighted by molar-refractivity contribution is 0.262. The molecule has 2 amide bonds. The molecular weight excluding hydrogens is 276 g/mol. The predicted octanol–water partition coefficient (Wildman–Crippen LogP) is 4.30. The Labute approximate surface area is 122 Å². The Balaban J connectivity index is 2.08. The van der Waals surface area contributed by atoms with E-state index in [9.17, 15) is 4.79 Å². The van der Waals surface area contributed by atoms with Crippen LogP contribution in [0.5, 0.6) is 5.75 Å². The summed E-state index contributed by atoms with van der Waals surface area (Å²) in [6.45, 7) is 1.95. The van der Waals surface area contributed by atoms with Crippen LogP contribution in [0.1, 0.15) is 5.56 Å². The number of carbonyl (C=O) groups is 1. The van der Waals surface area contributed by atoms with Gasteiger partial charge in [0.05, 0.1) is 12.8 Å². The molecule has 2 N–H and O–H groups in total. The van der Waals surface area contributed by atoms with Gasteiger partial charge in [0.15, 0.2) is 0 Å². The van der Waals surface area contributed by atoms with E-state index in [0.717, 1.165) is 5.56 Å². The van der Waals surface area contributed by atoms with Crippen LogP contribution in [0, 0.1) is 6.92 Å². The van der Waals surface area contributed by atoms with E-state index in [0.29, 0.717) is 22.1 Å². The Morgan fingerprint density at radius 1 is 1.10 bits per heavy atom. The molecule has 0 radical (unpaired) electrons. The minimum absolute atomic E-state index is 0.337. The zero-order chi connectivity index (χ0) is 14.5. The van der Waals surface area contributed by atoms with Gasteiger partial charge >= 0.3 is 6.03 Å². The number of anilines is 2. The van der Waals surface area contributed by atoms with Crippen LogP contribution >= 0.6 is 11.6 Å². The molecule has 0 aromatic heterocycles. The molecule has 0 atom stereocenters. The third kappa shape index (κ3) is 3.65. The molecule has 0 bridgehead atoms. The van der Waals surface area contributed by atoms with E-state index >= 15 is 0 Å². The predicted molar refractivity (Wildman–Crippen MR) is 81.8 cm³/mol. The number of benzene rings is 2. The average Bonchev–Trinajstić information content (AvgIpc) is 2.41. The molecule has 0 fully saturated rings. The molecule has 0 unspecified atom stereocenters. The smallest absolute Gasteiger partial charge is 0.323 e. The fourth-order valence-corrected chi connectivity index (χ4v) is 1.86. The molecular formula is C15H15ClN2O2. The molecule has 2 aromatic carbocycles. The standard InChI is InChI=1S/C15H15ClN2O2/c1-10-3-8-14(20-2)13(9-10)18-15(19)17-12-6-4-11(16)5-7-12/h3-9H,1-2H3,(H2,17,18,19).